The zero-order valence-electron chi connectivity index (χ0n) is 16.5. The van der Waals surface area contributed by atoms with E-state index in [1.807, 2.05) is 0 Å². The van der Waals surface area contributed by atoms with Gasteiger partial charge in [-0.05, 0) is 85.7 Å². The van der Waals surface area contributed by atoms with E-state index in [0.29, 0.717) is 0 Å². The third-order valence-electron chi connectivity index (χ3n) is 7.02. The molecule has 0 aliphatic heterocycles. The zero-order chi connectivity index (χ0) is 18.3. The normalized spacial score (nSPS) is 30.8. The minimum absolute atomic E-state index is 0.167. The monoisotopic (exact) mass is 458 g/mol. The van der Waals surface area contributed by atoms with Crippen molar-refractivity contribution < 1.29 is 0 Å². The molecule has 0 saturated heterocycles. The number of allylic oxidation sites excluding steroid dienone is 12. The van der Waals surface area contributed by atoms with Gasteiger partial charge in [-0.1, -0.05) is 78.0 Å². The fraction of sp³-hybridized carbons (Fsp3) is 0.520. The second-order valence-electron chi connectivity index (χ2n) is 8.72. The lowest BCUT2D eigenvalue weighted by molar-refractivity contribution is 0.488. The van der Waals surface area contributed by atoms with Crippen LogP contribution in [0.5, 0.6) is 0 Å². The summed E-state index contributed by atoms with van der Waals surface area (Å²) < 4.78 is 1.10. The standard InChI is InChI=1S/C25H31I/c1-4-21-22-12-11-20(16-24(22)25(2,3)23(21)13-14-26)19-10-9-17-7-5-6-8-18(17)15-19/h4-5,7,13,16,19H,6,8-12,14-15H2,1-3H3/b21-4-,23-13+. The van der Waals surface area contributed by atoms with Crippen LogP contribution in [0, 0.1) is 11.3 Å². The van der Waals surface area contributed by atoms with Gasteiger partial charge in [0.25, 0.3) is 0 Å². The molecule has 138 valence electrons. The van der Waals surface area contributed by atoms with Crippen LogP contribution < -0.4 is 0 Å². The van der Waals surface area contributed by atoms with Crippen LogP contribution in [0.25, 0.3) is 0 Å². The van der Waals surface area contributed by atoms with Crippen molar-refractivity contribution in [2.45, 2.75) is 65.7 Å². The van der Waals surface area contributed by atoms with Crippen LogP contribution in [0.1, 0.15) is 65.7 Å². The van der Waals surface area contributed by atoms with Crippen molar-refractivity contribution >= 4 is 22.6 Å². The summed E-state index contributed by atoms with van der Waals surface area (Å²) >= 11 is 2.48. The van der Waals surface area contributed by atoms with Gasteiger partial charge in [-0.2, -0.15) is 0 Å². The molecule has 26 heavy (non-hydrogen) atoms. The molecular formula is C25H31I. The molecule has 0 radical (unpaired) electrons. The fourth-order valence-corrected chi connectivity index (χ4v) is 6.07. The topological polar surface area (TPSA) is 0 Å². The maximum atomic E-state index is 2.63. The van der Waals surface area contributed by atoms with Gasteiger partial charge in [0.2, 0.25) is 0 Å². The van der Waals surface area contributed by atoms with Crippen LogP contribution in [-0.2, 0) is 0 Å². The summed E-state index contributed by atoms with van der Waals surface area (Å²) in [7, 11) is 0. The summed E-state index contributed by atoms with van der Waals surface area (Å²) in [6, 6.07) is 0. The molecule has 0 fully saturated rings. The van der Waals surface area contributed by atoms with Gasteiger partial charge in [-0.3, -0.25) is 0 Å². The van der Waals surface area contributed by atoms with E-state index in [9.17, 15) is 0 Å². The van der Waals surface area contributed by atoms with Gasteiger partial charge in [0.1, 0.15) is 0 Å². The SMILES string of the molecule is C/C=C1/C2=C(C=C(C3CCC4=C(CCC=C4)C3)CC2)C(C)(C)/C1=C/CI. The first-order chi connectivity index (χ1) is 12.6. The third-order valence-corrected chi connectivity index (χ3v) is 7.46. The molecule has 0 nitrogen and oxygen atoms in total. The molecule has 0 bridgehead atoms. The highest BCUT2D eigenvalue weighted by molar-refractivity contribution is 14.1. The van der Waals surface area contributed by atoms with Crippen molar-refractivity contribution in [3.8, 4) is 0 Å². The van der Waals surface area contributed by atoms with E-state index in [2.05, 4.69) is 73.7 Å². The Hall–Kier alpha value is -0.830. The lowest BCUT2D eigenvalue weighted by Crippen LogP contribution is -2.18. The first-order valence-corrected chi connectivity index (χ1v) is 11.8. The Morgan fingerprint density at radius 1 is 1.19 bits per heavy atom. The average molecular weight is 458 g/mol. The Balaban J connectivity index is 1.66. The van der Waals surface area contributed by atoms with Crippen LogP contribution in [0.4, 0.5) is 0 Å². The lowest BCUT2D eigenvalue weighted by Gasteiger charge is -2.32. The Morgan fingerprint density at radius 3 is 2.81 bits per heavy atom. The van der Waals surface area contributed by atoms with Gasteiger partial charge in [-0.25, -0.2) is 0 Å². The molecule has 0 aromatic carbocycles. The van der Waals surface area contributed by atoms with Crippen molar-refractivity contribution in [3.63, 3.8) is 0 Å². The van der Waals surface area contributed by atoms with Crippen molar-refractivity contribution in [3.05, 3.63) is 69.4 Å². The van der Waals surface area contributed by atoms with Crippen LogP contribution in [-0.4, -0.2) is 4.43 Å². The third kappa shape index (κ3) is 3.04. The van der Waals surface area contributed by atoms with Crippen LogP contribution in [0.15, 0.2) is 69.4 Å². The van der Waals surface area contributed by atoms with Crippen molar-refractivity contribution in [1.82, 2.24) is 0 Å². The number of hydrogen-bond acceptors (Lipinski definition) is 0. The summed E-state index contributed by atoms with van der Waals surface area (Å²) in [4.78, 5) is 0. The van der Waals surface area contributed by atoms with E-state index >= 15 is 0 Å². The number of halogens is 1. The maximum Gasteiger partial charge on any atom is 0.0182 e. The second-order valence-corrected chi connectivity index (χ2v) is 9.60. The molecule has 0 amide bonds. The van der Waals surface area contributed by atoms with Gasteiger partial charge in [0.15, 0.2) is 0 Å². The summed E-state index contributed by atoms with van der Waals surface area (Å²) in [5, 5.41) is 0. The summed E-state index contributed by atoms with van der Waals surface area (Å²) in [5.41, 5.74) is 11.7. The van der Waals surface area contributed by atoms with Crippen LogP contribution >= 0.6 is 22.6 Å². The van der Waals surface area contributed by atoms with E-state index in [4.69, 9.17) is 0 Å². The second kappa shape index (κ2) is 7.30. The molecule has 0 saturated carbocycles. The minimum atomic E-state index is 0.167. The molecule has 1 heteroatoms. The molecule has 0 N–H and O–H groups in total. The van der Waals surface area contributed by atoms with Gasteiger partial charge in [0.05, 0.1) is 0 Å². The van der Waals surface area contributed by atoms with Gasteiger partial charge < -0.3 is 0 Å². The van der Waals surface area contributed by atoms with Crippen LogP contribution in [0.3, 0.4) is 0 Å². The van der Waals surface area contributed by atoms with Crippen molar-refractivity contribution in [1.29, 1.82) is 0 Å². The quantitative estimate of drug-likeness (QED) is 0.293. The molecule has 4 aliphatic rings. The predicted octanol–water partition coefficient (Wildman–Crippen LogP) is 7.80. The highest BCUT2D eigenvalue weighted by Gasteiger charge is 2.40. The molecule has 0 heterocycles. The average Bonchev–Trinajstić information content (AvgIpc) is 2.88. The Morgan fingerprint density at radius 2 is 2.04 bits per heavy atom. The summed E-state index contributed by atoms with van der Waals surface area (Å²) in [6.07, 6.45) is 21.3. The minimum Gasteiger partial charge on any atom is -0.0839 e. The van der Waals surface area contributed by atoms with Gasteiger partial charge in [-0.15, -0.1) is 0 Å². The summed E-state index contributed by atoms with van der Waals surface area (Å²) in [5.74, 6) is 0.789. The highest BCUT2D eigenvalue weighted by atomic mass is 127. The number of rotatable bonds is 2. The maximum absolute atomic E-state index is 2.63. The Bertz CT molecular complexity index is 792. The molecule has 4 rings (SSSR count). The molecule has 0 aromatic heterocycles. The molecule has 4 aliphatic carbocycles. The van der Waals surface area contributed by atoms with E-state index < -0.39 is 0 Å². The van der Waals surface area contributed by atoms with E-state index in [0.717, 1.165) is 10.3 Å². The molecular weight excluding hydrogens is 427 g/mol. The van der Waals surface area contributed by atoms with Crippen molar-refractivity contribution in [2.24, 2.45) is 11.3 Å². The Kier molecular flexibility index (Phi) is 5.20. The first kappa shape index (κ1) is 18.5. The predicted molar refractivity (Wildman–Crippen MR) is 122 cm³/mol. The zero-order valence-corrected chi connectivity index (χ0v) is 18.7. The van der Waals surface area contributed by atoms with Crippen molar-refractivity contribution in [2.75, 3.05) is 4.43 Å². The van der Waals surface area contributed by atoms with Crippen LogP contribution in [0.2, 0.25) is 0 Å². The summed E-state index contributed by atoms with van der Waals surface area (Å²) in [6.45, 7) is 7.08. The lowest BCUT2D eigenvalue weighted by atomic mass is 9.72. The van der Waals surface area contributed by atoms with E-state index in [-0.39, 0.29) is 5.41 Å². The first-order valence-electron chi connectivity index (χ1n) is 10.3. The fourth-order valence-electron chi connectivity index (χ4n) is 5.62. The van der Waals surface area contributed by atoms with Gasteiger partial charge >= 0.3 is 0 Å². The highest BCUT2D eigenvalue weighted by Crippen LogP contribution is 2.55. The molecule has 0 aromatic rings. The molecule has 1 atom stereocenters. The largest absolute Gasteiger partial charge is 0.0839 e. The molecule has 0 spiro atoms. The smallest absolute Gasteiger partial charge is 0.0182 e. The Labute approximate surface area is 173 Å². The molecule has 1 unspecified atom stereocenters. The van der Waals surface area contributed by atoms with E-state index in [1.54, 1.807) is 33.4 Å². The van der Waals surface area contributed by atoms with Gasteiger partial charge in [0, 0.05) is 9.84 Å². The number of hydrogen-bond donors (Lipinski definition) is 0. The number of alkyl halides is 1. The van der Waals surface area contributed by atoms with E-state index in [1.165, 1.54) is 50.5 Å².